The number of likely N-dealkylation sites (N-methyl/N-ethyl adjacent to an activating group) is 1. The zero-order chi connectivity index (χ0) is 18.4. The second-order valence-corrected chi connectivity index (χ2v) is 9.24. The van der Waals surface area contributed by atoms with Gasteiger partial charge < -0.3 is 14.5 Å². The van der Waals surface area contributed by atoms with Crippen molar-refractivity contribution in [2.45, 2.75) is 50.7 Å². The molecule has 26 heavy (non-hydrogen) atoms. The van der Waals surface area contributed by atoms with E-state index in [0.29, 0.717) is 6.04 Å². The van der Waals surface area contributed by atoms with E-state index in [4.69, 9.17) is 4.74 Å². The Hall–Kier alpha value is -1.81. The molecule has 2 aliphatic carbocycles. The monoisotopic (exact) mass is 352 g/mol. The largest absolute Gasteiger partial charge is 0.481 e. The summed E-state index contributed by atoms with van der Waals surface area (Å²) in [6.07, 6.45) is 4.55. The summed E-state index contributed by atoms with van der Waals surface area (Å²) in [5, 5.41) is 0. The fourth-order valence-corrected chi connectivity index (χ4v) is 6.52. The Kier molecular flexibility index (Phi) is 3.10. The van der Waals surface area contributed by atoms with E-state index in [1.165, 1.54) is 11.1 Å². The number of carbonyl (C=O) groups excluding carboxylic acids is 1. The summed E-state index contributed by atoms with van der Waals surface area (Å²) >= 11 is 0. The molecule has 1 aromatic rings. The van der Waals surface area contributed by atoms with Crippen molar-refractivity contribution in [2.24, 2.45) is 5.41 Å². The summed E-state index contributed by atoms with van der Waals surface area (Å²) < 4.78 is 6.51. The van der Waals surface area contributed by atoms with E-state index in [-0.39, 0.29) is 22.7 Å². The lowest BCUT2D eigenvalue weighted by Crippen LogP contribution is -2.71. The Morgan fingerprint density at radius 1 is 1.35 bits per heavy atom. The van der Waals surface area contributed by atoms with Crippen LogP contribution in [0.15, 0.2) is 23.9 Å². The van der Waals surface area contributed by atoms with Crippen LogP contribution < -0.4 is 4.74 Å². The Labute approximate surface area is 155 Å². The number of hydrogen-bond acceptors (Lipinski definition) is 4. The van der Waals surface area contributed by atoms with Crippen LogP contribution >= 0.6 is 0 Å². The number of nitrogens with zero attached hydrogens (tertiary/aromatic N) is 2. The van der Waals surface area contributed by atoms with E-state index in [2.05, 4.69) is 37.9 Å². The highest BCUT2D eigenvalue weighted by atomic mass is 16.5. The van der Waals surface area contributed by atoms with Gasteiger partial charge in [0.1, 0.15) is 5.75 Å². The van der Waals surface area contributed by atoms with Crippen molar-refractivity contribution in [2.75, 3.05) is 27.7 Å². The first-order valence-corrected chi connectivity index (χ1v) is 9.71. The molecular formula is C22H28N2O2. The van der Waals surface area contributed by atoms with Crippen LogP contribution in [0.4, 0.5) is 0 Å². The van der Waals surface area contributed by atoms with Crippen LogP contribution in [0.2, 0.25) is 0 Å². The average molecular weight is 352 g/mol. The van der Waals surface area contributed by atoms with Gasteiger partial charge in [-0.3, -0.25) is 4.79 Å². The predicted molar refractivity (Wildman–Crippen MR) is 102 cm³/mol. The van der Waals surface area contributed by atoms with Gasteiger partial charge in [-0.05, 0) is 50.9 Å². The van der Waals surface area contributed by atoms with Gasteiger partial charge in [-0.25, -0.2) is 0 Å². The number of aryl methyl sites for hydroxylation is 1. The Bertz CT molecular complexity index is 858. The van der Waals surface area contributed by atoms with Crippen molar-refractivity contribution in [1.29, 1.82) is 0 Å². The fraction of sp³-hybridized carbons (Fsp3) is 0.591. The van der Waals surface area contributed by atoms with Gasteiger partial charge in [-0.2, -0.15) is 0 Å². The first kappa shape index (κ1) is 16.4. The second kappa shape index (κ2) is 4.92. The standard InChI is InChI=1S/C22H28N2O2/c1-13-6-7-14-10-16-21(2)11-15(12-23(3)4)18(25)20-22(21,8-9-24(16)5)17(14)19(13)26-20/h6-7,12,16,20H,8-11H2,1-5H3/b15-12+/t16-,20-,21-,22-/m0/s1. The van der Waals surface area contributed by atoms with Crippen molar-refractivity contribution in [3.05, 3.63) is 40.6 Å². The van der Waals surface area contributed by atoms with Crippen LogP contribution in [0.25, 0.3) is 0 Å². The summed E-state index contributed by atoms with van der Waals surface area (Å²) in [6.45, 7) is 5.57. The highest BCUT2D eigenvalue weighted by Gasteiger charge is 2.71. The average Bonchev–Trinajstić information content (AvgIpc) is 2.92. The van der Waals surface area contributed by atoms with Gasteiger partial charge >= 0.3 is 0 Å². The lowest BCUT2D eigenvalue weighted by molar-refractivity contribution is -0.142. The third-order valence-electron chi connectivity index (χ3n) is 7.66. The van der Waals surface area contributed by atoms with Gasteiger partial charge in [0.15, 0.2) is 6.10 Å². The molecule has 1 aromatic carbocycles. The quantitative estimate of drug-likeness (QED) is 0.728. The van der Waals surface area contributed by atoms with E-state index in [1.54, 1.807) is 0 Å². The van der Waals surface area contributed by atoms with E-state index < -0.39 is 0 Å². The Balaban J connectivity index is 1.81. The van der Waals surface area contributed by atoms with Crippen LogP contribution in [-0.4, -0.2) is 55.4 Å². The molecular weight excluding hydrogens is 324 g/mol. The molecule has 0 aromatic heterocycles. The van der Waals surface area contributed by atoms with Crippen molar-refractivity contribution in [1.82, 2.24) is 9.80 Å². The third-order valence-corrected chi connectivity index (χ3v) is 7.66. The maximum atomic E-state index is 13.5. The first-order chi connectivity index (χ1) is 12.3. The van der Waals surface area contributed by atoms with Gasteiger partial charge in [-0.15, -0.1) is 0 Å². The predicted octanol–water partition coefficient (Wildman–Crippen LogP) is 2.68. The van der Waals surface area contributed by atoms with E-state index in [9.17, 15) is 4.79 Å². The minimum Gasteiger partial charge on any atom is -0.481 e. The zero-order valence-electron chi connectivity index (χ0n) is 16.4. The van der Waals surface area contributed by atoms with Crippen molar-refractivity contribution in [3.8, 4) is 5.75 Å². The number of benzene rings is 1. The Morgan fingerprint density at radius 3 is 2.85 bits per heavy atom. The van der Waals surface area contributed by atoms with Crippen LogP contribution in [0.1, 0.15) is 36.5 Å². The minimum absolute atomic E-state index is 0.0203. The van der Waals surface area contributed by atoms with Gasteiger partial charge in [0.2, 0.25) is 5.78 Å². The second-order valence-electron chi connectivity index (χ2n) is 9.24. The van der Waals surface area contributed by atoms with E-state index >= 15 is 0 Å². The molecule has 2 fully saturated rings. The molecule has 1 saturated carbocycles. The van der Waals surface area contributed by atoms with Crippen molar-refractivity contribution >= 4 is 5.78 Å². The van der Waals surface area contributed by atoms with Gasteiger partial charge in [-0.1, -0.05) is 19.1 Å². The van der Waals surface area contributed by atoms with Gasteiger partial charge in [0, 0.05) is 42.9 Å². The molecule has 0 unspecified atom stereocenters. The number of piperidine rings is 1. The fourth-order valence-electron chi connectivity index (χ4n) is 6.52. The number of likely N-dealkylation sites (tertiary alicyclic amines) is 1. The SMILES string of the molecule is Cc1ccc2c3c1O[C@H]1C(=O)/C(=C/N(C)C)C[C@@]4(C)[C@H](C2)N(C)CC[C@]314. The summed E-state index contributed by atoms with van der Waals surface area (Å²) in [6, 6.07) is 4.90. The molecule has 0 radical (unpaired) electrons. The molecule has 2 bridgehead atoms. The molecule has 1 spiro atoms. The van der Waals surface area contributed by atoms with Crippen LogP contribution in [-0.2, 0) is 16.6 Å². The number of ether oxygens (including phenoxy) is 1. The summed E-state index contributed by atoms with van der Waals surface area (Å²) in [4.78, 5) is 18.0. The Morgan fingerprint density at radius 2 is 2.12 bits per heavy atom. The first-order valence-electron chi connectivity index (χ1n) is 9.71. The molecule has 4 atom stereocenters. The van der Waals surface area contributed by atoms with Crippen LogP contribution in [0.3, 0.4) is 0 Å². The van der Waals surface area contributed by atoms with E-state index in [1.807, 2.05) is 25.2 Å². The lowest BCUT2D eigenvalue weighted by Gasteiger charge is -2.63. The molecule has 0 N–H and O–H groups in total. The van der Waals surface area contributed by atoms with Crippen LogP contribution in [0, 0.1) is 12.3 Å². The maximum Gasteiger partial charge on any atom is 0.201 e. The normalized spacial score (nSPS) is 39.0. The van der Waals surface area contributed by atoms with E-state index in [0.717, 1.165) is 42.7 Å². The molecule has 4 nitrogen and oxygen atoms in total. The summed E-state index contributed by atoms with van der Waals surface area (Å²) in [5.74, 6) is 1.20. The number of carbonyl (C=O) groups is 1. The van der Waals surface area contributed by atoms with Crippen molar-refractivity contribution < 1.29 is 9.53 Å². The highest BCUT2D eigenvalue weighted by molar-refractivity contribution is 6.03. The highest BCUT2D eigenvalue weighted by Crippen LogP contribution is 2.68. The number of rotatable bonds is 1. The number of ketones is 1. The zero-order valence-corrected chi connectivity index (χ0v) is 16.4. The maximum absolute atomic E-state index is 13.5. The summed E-state index contributed by atoms with van der Waals surface area (Å²) in [5.41, 5.74) is 4.71. The minimum atomic E-state index is -0.362. The summed E-state index contributed by atoms with van der Waals surface area (Å²) in [7, 11) is 6.24. The molecule has 2 heterocycles. The topological polar surface area (TPSA) is 32.8 Å². The molecule has 4 heteroatoms. The van der Waals surface area contributed by atoms with Gasteiger partial charge in [0.05, 0.1) is 5.41 Å². The molecule has 1 saturated heterocycles. The number of hydrogen-bond donors (Lipinski definition) is 0. The molecule has 138 valence electrons. The lowest BCUT2D eigenvalue weighted by atomic mass is 9.43. The molecule has 0 amide bonds. The number of Topliss-reactive ketones (excluding diaryl/α,β-unsaturated/α-hetero) is 1. The van der Waals surface area contributed by atoms with Gasteiger partial charge in [0.25, 0.3) is 0 Å². The smallest absolute Gasteiger partial charge is 0.201 e. The third kappa shape index (κ3) is 1.67. The molecule has 4 aliphatic rings. The van der Waals surface area contributed by atoms with Crippen LogP contribution in [0.5, 0.6) is 5.75 Å². The molecule has 2 aliphatic heterocycles. The molecule has 5 rings (SSSR count). The van der Waals surface area contributed by atoms with Crippen molar-refractivity contribution in [3.63, 3.8) is 0 Å².